The molecule has 0 amide bonds. The Balaban J connectivity index is 3.23. The van der Waals surface area contributed by atoms with Gasteiger partial charge in [0.05, 0.1) is 0 Å². The molecule has 1 nitrogen and oxygen atoms in total. The van der Waals surface area contributed by atoms with Crippen LogP contribution in [0, 0.1) is 5.82 Å². The van der Waals surface area contributed by atoms with E-state index in [-0.39, 0.29) is 11.3 Å². The zero-order valence-corrected chi connectivity index (χ0v) is 6.53. The quantitative estimate of drug-likeness (QED) is 0.690. The van der Waals surface area contributed by atoms with Gasteiger partial charge in [0, 0.05) is 16.3 Å². The fourth-order valence-corrected chi connectivity index (χ4v) is 0.916. The van der Waals surface area contributed by atoms with Crippen molar-refractivity contribution in [3.8, 4) is 0 Å². The molecule has 0 fully saturated rings. The second kappa shape index (κ2) is 2.93. The van der Waals surface area contributed by atoms with Gasteiger partial charge in [-0.3, -0.25) is 0 Å². The van der Waals surface area contributed by atoms with E-state index in [9.17, 15) is 4.39 Å². The lowest BCUT2D eigenvalue weighted by atomic mass is 10.2. The third kappa shape index (κ3) is 1.71. The molecule has 1 rings (SSSR count). The Morgan fingerprint density at radius 1 is 1.55 bits per heavy atom. The highest BCUT2D eigenvalue weighted by Crippen LogP contribution is 2.17. The molecule has 0 bridgehead atoms. The van der Waals surface area contributed by atoms with Crippen molar-refractivity contribution in [3.63, 3.8) is 0 Å². The smallest absolute Gasteiger partial charge is 0.132 e. The summed E-state index contributed by atoms with van der Waals surface area (Å²) in [6, 6.07) is 4.16. The van der Waals surface area contributed by atoms with Crippen LogP contribution in [-0.4, -0.2) is 0 Å². The van der Waals surface area contributed by atoms with Gasteiger partial charge >= 0.3 is 0 Å². The molecule has 0 heterocycles. The highest BCUT2D eigenvalue weighted by molar-refractivity contribution is 6.30. The molecule has 0 aliphatic carbocycles. The van der Waals surface area contributed by atoms with E-state index in [0.29, 0.717) is 5.02 Å². The molecule has 0 spiro atoms. The van der Waals surface area contributed by atoms with E-state index in [1.54, 1.807) is 0 Å². The molecule has 58 valence electrons. The van der Waals surface area contributed by atoms with Gasteiger partial charge in [-0.05, 0) is 18.2 Å². The van der Waals surface area contributed by atoms with E-state index < -0.39 is 5.82 Å². The fourth-order valence-electron chi connectivity index (χ4n) is 0.744. The minimum atomic E-state index is -0.401. The summed E-state index contributed by atoms with van der Waals surface area (Å²) in [5.41, 5.74) is 5.74. The molecule has 0 unspecified atom stereocenters. The van der Waals surface area contributed by atoms with Gasteiger partial charge < -0.3 is 5.73 Å². The first-order valence-electron chi connectivity index (χ1n) is 3.01. The normalized spacial score (nSPS) is 9.64. The second-order valence-corrected chi connectivity index (χ2v) is 2.59. The van der Waals surface area contributed by atoms with Gasteiger partial charge in [0.25, 0.3) is 0 Å². The minimum absolute atomic E-state index is 0.185. The fraction of sp³-hybridized carbons (Fsp3) is 0. The van der Waals surface area contributed by atoms with E-state index in [0.717, 1.165) is 0 Å². The molecule has 0 aliphatic heterocycles. The lowest BCUT2D eigenvalue weighted by Gasteiger charge is -2.00. The van der Waals surface area contributed by atoms with Crippen molar-refractivity contribution >= 4 is 17.3 Å². The zero-order chi connectivity index (χ0) is 8.43. The van der Waals surface area contributed by atoms with E-state index >= 15 is 0 Å². The molecule has 0 saturated carbocycles. The maximum Gasteiger partial charge on any atom is 0.132 e. The van der Waals surface area contributed by atoms with Gasteiger partial charge in [0.15, 0.2) is 0 Å². The summed E-state index contributed by atoms with van der Waals surface area (Å²) in [5.74, 6) is -0.401. The number of nitrogens with two attached hydrogens (primary N) is 1. The lowest BCUT2D eigenvalue weighted by molar-refractivity contribution is 0.624. The van der Waals surface area contributed by atoms with Crippen LogP contribution >= 0.6 is 11.6 Å². The van der Waals surface area contributed by atoms with Crippen LogP contribution in [0.2, 0.25) is 5.02 Å². The summed E-state index contributed by atoms with van der Waals surface area (Å²) >= 11 is 5.60. The topological polar surface area (TPSA) is 26.0 Å². The zero-order valence-electron chi connectivity index (χ0n) is 5.77. The number of rotatable bonds is 1. The second-order valence-electron chi connectivity index (χ2n) is 2.15. The highest BCUT2D eigenvalue weighted by Gasteiger charge is 2.02. The first kappa shape index (κ1) is 8.08. The van der Waals surface area contributed by atoms with E-state index in [1.807, 2.05) is 0 Å². The largest absolute Gasteiger partial charge is 0.399 e. The lowest BCUT2D eigenvalue weighted by Crippen LogP contribution is -1.96. The van der Waals surface area contributed by atoms with Gasteiger partial charge in [-0.1, -0.05) is 18.2 Å². The number of halogens is 2. The first-order chi connectivity index (χ1) is 5.11. The van der Waals surface area contributed by atoms with Gasteiger partial charge in [-0.2, -0.15) is 0 Å². The summed E-state index contributed by atoms with van der Waals surface area (Å²) in [5, 5.41) is 0.452. The molecule has 0 aliphatic rings. The van der Waals surface area contributed by atoms with Gasteiger partial charge in [-0.15, -0.1) is 0 Å². The van der Waals surface area contributed by atoms with Crippen molar-refractivity contribution in [3.05, 3.63) is 41.2 Å². The molecule has 0 atom stereocenters. The van der Waals surface area contributed by atoms with Crippen LogP contribution in [0.25, 0.3) is 5.70 Å². The standard InChI is InChI=1S/C8H7ClFN/c1-5(11)7-4-6(9)2-3-8(7)10/h2-4H,1,11H2. The summed E-state index contributed by atoms with van der Waals surface area (Å²) in [7, 11) is 0. The van der Waals surface area contributed by atoms with Crippen LogP contribution in [0.1, 0.15) is 5.56 Å². The summed E-state index contributed by atoms with van der Waals surface area (Å²) in [4.78, 5) is 0. The average molecular weight is 172 g/mol. The van der Waals surface area contributed by atoms with Crippen molar-refractivity contribution in [2.75, 3.05) is 0 Å². The molecular formula is C8H7ClFN. The van der Waals surface area contributed by atoms with Crippen LogP contribution in [0.15, 0.2) is 24.8 Å². The maximum absolute atomic E-state index is 12.8. The molecule has 0 aromatic heterocycles. The molecule has 0 radical (unpaired) electrons. The van der Waals surface area contributed by atoms with Crippen LogP contribution in [0.4, 0.5) is 4.39 Å². The summed E-state index contributed by atoms with van der Waals surface area (Å²) in [6.07, 6.45) is 0. The van der Waals surface area contributed by atoms with Crippen LogP contribution in [-0.2, 0) is 0 Å². The van der Waals surface area contributed by atoms with E-state index in [4.69, 9.17) is 17.3 Å². The average Bonchev–Trinajstić information content (AvgIpc) is 1.94. The third-order valence-corrected chi connectivity index (χ3v) is 1.51. The summed E-state index contributed by atoms with van der Waals surface area (Å²) < 4.78 is 12.8. The van der Waals surface area contributed by atoms with Crippen molar-refractivity contribution in [2.24, 2.45) is 5.73 Å². The van der Waals surface area contributed by atoms with Crippen molar-refractivity contribution in [1.82, 2.24) is 0 Å². The van der Waals surface area contributed by atoms with Gasteiger partial charge in [0.2, 0.25) is 0 Å². The van der Waals surface area contributed by atoms with Crippen molar-refractivity contribution in [1.29, 1.82) is 0 Å². The Labute approximate surface area is 69.3 Å². The molecule has 0 saturated heterocycles. The predicted molar refractivity (Wildman–Crippen MR) is 44.6 cm³/mol. The Morgan fingerprint density at radius 3 is 2.64 bits per heavy atom. The Hall–Kier alpha value is -1.02. The van der Waals surface area contributed by atoms with Crippen LogP contribution in [0.3, 0.4) is 0 Å². The Kier molecular flexibility index (Phi) is 2.15. The number of hydrogen-bond donors (Lipinski definition) is 1. The Bertz CT molecular complexity index is 296. The minimum Gasteiger partial charge on any atom is -0.399 e. The van der Waals surface area contributed by atoms with Crippen LogP contribution < -0.4 is 5.73 Å². The van der Waals surface area contributed by atoms with Crippen LogP contribution in [0.5, 0.6) is 0 Å². The molecule has 2 N–H and O–H groups in total. The molecule has 3 heteroatoms. The number of benzene rings is 1. The Morgan fingerprint density at radius 2 is 2.18 bits per heavy atom. The molecular weight excluding hydrogens is 165 g/mol. The predicted octanol–water partition coefficient (Wildman–Crippen LogP) is 2.41. The molecule has 1 aromatic carbocycles. The molecule has 1 aromatic rings. The number of hydrogen-bond acceptors (Lipinski definition) is 1. The summed E-state index contributed by atoms with van der Waals surface area (Å²) in [6.45, 7) is 3.41. The van der Waals surface area contributed by atoms with Crippen molar-refractivity contribution < 1.29 is 4.39 Å². The maximum atomic E-state index is 12.8. The van der Waals surface area contributed by atoms with Gasteiger partial charge in [-0.25, -0.2) is 4.39 Å². The monoisotopic (exact) mass is 171 g/mol. The SMILES string of the molecule is C=C(N)c1cc(Cl)ccc1F. The van der Waals surface area contributed by atoms with E-state index in [1.165, 1.54) is 18.2 Å². The van der Waals surface area contributed by atoms with Crippen molar-refractivity contribution in [2.45, 2.75) is 0 Å². The highest BCUT2D eigenvalue weighted by atomic mass is 35.5. The molecule has 11 heavy (non-hydrogen) atoms. The van der Waals surface area contributed by atoms with Gasteiger partial charge in [0.1, 0.15) is 5.82 Å². The third-order valence-electron chi connectivity index (χ3n) is 1.27. The van der Waals surface area contributed by atoms with E-state index in [2.05, 4.69) is 6.58 Å². The first-order valence-corrected chi connectivity index (χ1v) is 3.39.